The molecule has 5 rings (SSSR count). The predicted octanol–water partition coefficient (Wildman–Crippen LogP) is 6.91. The number of imidazole rings is 1. The number of carbonyl (C=O) groups excluding carboxylic acids is 1. The maximum Gasteiger partial charge on any atom is 0.411 e. The highest BCUT2D eigenvalue weighted by Gasteiger charge is 2.16. The van der Waals surface area contributed by atoms with Gasteiger partial charge in [0.1, 0.15) is 17.4 Å². The monoisotopic (exact) mass is 480 g/mol. The smallest absolute Gasteiger partial charge is 0.411 e. The molecule has 0 spiro atoms. The Kier molecular flexibility index (Phi) is 6.08. The number of aromatic nitrogens is 3. The van der Waals surface area contributed by atoms with Crippen LogP contribution >= 0.6 is 22.9 Å². The minimum Gasteiger partial charge on any atom is -0.444 e. The Hall–Kier alpha value is -2.90. The van der Waals surface area contributed by atoms with E-state index >= 15 is 0 Å². The highest BCUT2D eigenvalue weighted by atomic mass is 35.5. The summed E-state index contributed by atoms with van der Waals surface area (Å²) in [4.78, 5) is 22.8. The third kappa shape index (κ3) is 4.61. The van der Waals surface area contributed by atoms with Crippen LogP contribution in [0.15, 0.2) is 36.4 Å². The van der Waals surface area contributed by atoms with Crippen LogP contribution in [0.2, 0.25) is 5.02 Å². The number of halogens is 1. The van der Waals surface area contributed by atoms with Gasteiger partial charge in [0.05, 0.1) is 21.6 Å². The number of benzene rings is 2. The second-order valence-corrected chi connectivity index (χ2v) is 9.90. The summed E-state index contributed by atoms with van der Waals surface area (Å²) in [5, 5.41) is 4.43. The number of nitrogens with one attached hydrogen (secondary N) is 1. The summed E-state index contributed by atoms with van der Waals surface area (Å²) >= 11 is 7.60. The zero-order valence-electron chi connectivity index (χ0n) is 18.7. The SMILES string of the molecule is Cc1cc(Cl)ccc1-c1nc(C)c(COC(=O)Nc2ccc3c(c2)nc2n3CCCCC2)s1. The van der Waals surface area contributed by atoms with E-state index in [1.165, 1.54) is 30.6 Å². The van der Waals surface area contributed by atoms with Crippen LogP contribution in [-0.2, 0) is 24.3 Å². The van der Waals surface area contributed by atoms with Crippen LogP contribution in [0.1, 0.15) is 41.2 Å². The van der Waals surface area contributed by atoms with Gasteiger partial charge in [-0.2, -0.15) is 0 Å². The van der Waals surface area contributed by atoms with E-state index in [-0.39, 0.29) is 6.61 Å². The summed E-state index contributed by atoms with van der Waals surface area (Å²) in [7, 11) is 0. The van der Waals surface area contributed by atoms with Crippen LogP contribution in [0, 0.1) is 13.8 Å². The molecule has 0 saturated carbocycles. The molecular formula is C25H25ClN4O2S. The zero-order chi connectivity index (χ0) is 22.9. The molecule has 1 N–H and O–H groups in total. The molecule has 4 aromatic rings. The molecule has 1 aliphatic rings. The molecule has 0 bridgehead atoms. The van der Waals surface area contributed by atoms with Crippen molar-refractivity contribution in [2.24, 2.45) is 0 Å². The van der Waals surface area contributed by atoms with Crippen LogP contribution in [-0.4, -0.2) is 20.6 Å². The molecule has 6 nitrogen and oxygen atoms in total. The minimum absolute atomic E-state index is 0.170. The van der Waals surface area contributed by atoms with Crippen LogP contribution in [0.4, 0.5) is 10.5 Å². The predicted molar refractivity (Wildman–Crippen MR) is 133 cm³/mol. The van der Waals surface area contributed by atoms with Crippen molar-refractivity contribution in [3.63, 3.8) is 0 Å². The van der Waals surface area contributed by atoms with Gasteiger partial charge in [-0.05, 0) is 62.6 Å². The van der Waals surface area contributed by atoms with Crippen LogP contribution in [0.25, 0.3) is 21.6 Å². The second kappa shape index (κ2) is 9.15. The molecule has 0 radical (unpaired) electrons. The first-order valence-corrected chi connectivity index (χ1v) is 12.3. The number of hydrogen-bond acceptors (Lipinski definition) is 5. The van der Waals surface area contributed by atoms with Crippen molar-refractivity contribution in [3.05, 3.63) is 63.4 Å². The Bertz CT molecular complexity index is 1340. The van der Waals surface area contributed by atoms with Gasteiger partial charge < -0.3 is 9.30 Å². The molecule has 2 aromatic carbocycles. The van der Waals surface area contributed by atoms with E-state index in [1.54, 1.807) is 0 Å². The fourth-order valence-electron chi connectivity index (χ4n) is 4.26. The molecule has 0 fully saturated rings. The Morgan fingerprint density at radius 3 is 2.88 bits per heavy atom. The van der Waals surface area contributed by atoms with Crippen molar-refractivity contribution >= 4 is 45.8 Å². The topological polar surface area (TPSA) is 69.0 Å². The average Bonchev–Trinajstić information content (AvgIpc) is 3.22. The fourth-order valence-corrected chi connectivity index (χ4v) is 5.55. The molecule has 2 aromatic heterocycles. The van der Waals surface area contributed by atoms with Gasteiger partial charge >= 0.3 is 6.09 Å². The van der Waals surface area contributed by atoms with E-state index in [9.17, 15) is 4.79 Å². The van der Waals surface area contributed by atoms with Crippen LogP contribution in [0.3, 0.4) is 0 Å². The summed E-state index contributed by atoms with van der Waals surface area (Å²) in [6.45, 7) is 5.12. The molecule has 8 heteroatoms. The van der Waals surface area contributed by atoms with Gasteiger partial charge in [0.2, 0.25) is 0 Å². The van der Waals surface area contributed by atoms with Crippen molar-refractivity contribution in [1.82, 2.24) is 14.5 Å². The number of anilines is 1. The van der Waals surface area contributed by atoms with E-state index < -0.39 is 6.09 Å². The minimum atomic E-state index is -0.493. The third-order valence-electron chi connectivity index (χ3n) is 6.00. The molecule has 170 valence electrons. The molecular weight excluding hydrogens is 456 g/mol. The number of nitrogens with zero attached hydrogens (tertiary/aromatic N) is 3. The van der Waals surface area contributed by atoms with Gasteiger partial charge in [-0.1, -0.05) is 24.1 Å². The summed E-state index contributed by atoms with van der Waals surface area (Å²) in [6.07, 6.45) is 4.12. The lowest BCUT2D eigenvalue weighted by molar-refractivity contribution is 0.156. The first-order chi connectivity index (χ1) is 16.0. The maximum atomic E-state index is 12.5. The van der Waals surface area contributed by atoms with Gasteiger partial charge in [-0.25, -0.2) is 14.8 Å². The van der Waals surface area contributed by atoms with Crippen LogP contribution in [0.5, 0.6) is 0 Å². The number of carbonyl (C=O) groups is 1. The normalized spacial score (nSPS) is 13.5. The third-order valence-corrected chi connectivity index (χ3v) is 7.40. The number of rotatable bonds is 4. The molecule has 3 heterocycles. The largest absolute Gasteiger partial charge is 0.444 e. The van der Waals surface area contributed by atoms with E-state index in [4.69, 9.17) is 21.3 Å². The van der Waals surface area contributed by atoms with E-state index in [1.807, 2.05) is 50.2 Å². The highest BCUT2D eigenvalue weighted by Crippen LogP contribution is 2.32. The standard InChI is InChI=1S/C25H25ClN4O2S/c1-15-12-17(26)7-9-19(15)24-27-16(2)22(33-24)14-32-25(31)28-18-8-10-21-20(13-18)29-23-6-4-3-5-11-30(21)23/h7-10,12-13H,3-6,11,14H2,1-2H3,(H,28,31). The van der Waals surface area contributed by atoms with Gasteiger partial charge in [0.15, 0.2) is 0 Å². The van der Waals surface area contributed by atoms with Gasteiger partial charge in [-0.3, -0.25) is 5.32 Å². The molecule has 0 unspecified atom stereocenters. The Labute approximate surface area is 201 Å². The van der Waals surface area contributed by atoms with Crippen molar-refractivity contribution in [1.29, 1.82) is 0 Å². The maximum absolute atomic E-state index is 12.5. The second-order valence-electron chi connectivity index (χ2n) is 8.38. The molecule has 33 heavy (non-hydrogen) atoms. The van der Waals surface area contributed by atoms with Crippen molar-refractivity contribution in [2.75, 3.05) is 5.32 Å². The first-order valence-electron chi connectivity index (χ1n) is 11.1. The Morgan fingerprint density at radius 2 is 2.03 bits per heavy atom. The number of amides is 1. The van der Waals surface area contributed by atoms with Crippen LogP contribution < -0.4 is 5.32 Å². The molecule has 1 aliphatic heterocycles. The summed E-state index contributed by atoms with van der Waals surface area (Å²) in [5.74, 6) is 1.13. The first kappa shape index (κ1) is 21.9. The molecule has 0 atom stereocenters. The van der Waals surface area contributed by atoms with Gasteiger partial charge in [0.25, 0.3) is 0 Å². The quantitative estimate of drug-likeness (QED) is 0.344. The number of hydrogen-bond donors (Lipinski definition) is 1. The van der Waals surface area contributed by atoms with Gasteiger partial charge in [0, 0.05) is 29.2 Å². The average molecular weight is 481 g/mol. The fraction of sp³-hybridized carbons (Fsp3) is 0.320. The van der Waals surface area contributed by atoms with E-state index in [0.717, 1.165) is 56.5 Å². The van der Waals surface area contributed by atoms with Crippen molar-refractivity contribution < 1.29 is 9.53 Å². The lowest BCUT2D eigenvalue weighted by Gasteiger charge is -2.07. The highest BCUT2D eigenvalue weighted by molar-refractivity contribution is 7.15. The molecule has 1 amide bonds. The van der Waals surface area contributed by atoms with Crippen molar-refractivity contribution in [3.8, 4) is 10.6 Å². The lowest BCUT2D eigenvalue weighted by Crippen LogP contribution is -2.13. The number of thiazole rings is 1. The molecule has 0 saturated heterocycles. The van der Waals surface area contributed by atoms with E-state index in [0.29, 0.717) is 10.7 Å². The Balaban J connectivity index is 1.25. The zero-order valence-corrected chi connectivity index (χ0v) is 20.2. The number of aryl methyl sites for hydroxylation is 4. The van der Waals surface area contributed by atoms with Gasteiger partial charge in [-0.15, -0.1) is 11.3 Å². The summed E-state index contributed by atoms with van der Waals surface area (Å²) < 4.78 is 7.80. The molecule has 0 aliphatic carbocycles. The number of ether oxygens (including phenoxy) is 1. The van der Waals surface area contributed by atoms with E-state index in [2.05, 4.69) is 14.9 Å². The lowest BCUT2D eigenvalue weighted by atomic mass is 10.1. The summed E-state index contributed by atoms with van der Waals surface area (Å²) in [6, 6.07) is 11.6. The number of fused-ring (bicyclic) bond motifs is 3. The van der Waals surface area contributed by atoms with Crippen molar-refractivity contribution in [2.45, 2.75) is 52.7 Å². The Morgan fingerprint density at radius 1 is 1.15 bits per heavy atom. The summed E-state index contributed by atoms with van der Waals surface area (Å²) in [5.41, 5.74) is 5.67.